The number of aliphatic carboxylic acids is 1. The van der Waals surface area contributed by atoms with E-state index < -0.39 is 5.97 Å². The first-order chi connectivity index (χ1) is 8.63. The van der Waals surface area contributed by atoms with Crippen molar-refractivity contribution >= 4 is 12.1 Å². The van der Waals surface area contributed by atoms with E-state index in [1.54, 1.807) is 6.08 Å². The van der Waals surface area contributed by atoms with Gasteiger partial charge in [0.15, 0.2) is 0 Å². The van der Waals surface area contributed by atoms with E-state index in [9.17, 15) is 14.7 Å². The number of hydrogen-bond donors (Lipinski definition) is 2. The molecule has 0 saturated heterocycles. The van der Waals surface area contributed by atoms with Crippen LogP contribution in [0.25, 0.3) is 0 Å². The Morgan fingerprint density at radius 2 is 1.78 bits per heavy atom. The molecular weight excluding hydrogens is 234 g/mol. The summed E-state index contributed by atoms with van der Waals surface area (Å²) >= 11 is 0. The molecule has 6 saturated carbocycles. The number of hydrogen-bond acceptors (Lipinski definition) is 3. The predicted molar refractivity (Wildman–Crippen MR) is 58.4 cm³/mol. The number of rotatable bonds is 4. The Balaban J connectivity index is 1.34. The molecule has 0 spiro atoms. The van der Waals surface area contributed by atoms with Crippen LogP contribution in [-0.4, -0.2) is 29.3 Å². The van der Waals surface area contributed by atoms with Gasteiger partial charge in [-0.3, -0.25) is 4.79 Å². The first-order valence-electron chi connectivity index (χ1n) is 6.42. The molecule has 6 fully saturated rings. The molecular formula is C13H13NO4. The topological polar surface area (TPSA) is 75.6 Å². The Kier molecular flexibility index (Phi) is 1.15. The first kappa shape index (κ1) is 9.42. The lowest BCUT2D eigenvalue weighted by atomic mass is 8.94. The molecule has 0 aliphatic heterocycles. The fourth-order valence-electron chi connectivity index (χ4n) is 6.55. The molecule has 0 aromatic rings. The van der Waals surface area contributed by atoms with Crippen molar-refractivity contribution in [1.82, 2.24) is 5.32 Å². The van der Waals surface area contributed by atoms with Crippen molar-refractivity contribution in [3.8, 4) is 0 Å². The minimum absolute atomic E-state index is 0.0740. The quantitative estimate of drug-likeness (QED) is 0.708. The number of ether oxygens (including phenoxy) is 1. The molecule has 0 radical (unpaired) electrons. The van der Waals surface area contributed by atoms with Crippen LogP contribution in [0, 0.1) is 40.9 Å². The predicted octanol–water partition coefficient (Wildman–Crippen LogP) is 0.474. The van der Waals surface area contributed by atoms with Crippen molar-refractivity contribution in [2.24, 2.45) is 40.9 Å². The highest BCUT2D eigenvalue weighted by molar-refractivity contribution is 5.89. The van der Waals surface area contributed by atoms with Crippen molar-refractivity contribution in [3.05, 3.63) is 12.7 Å². The monoisotopic (exact) mass is 247 g/mol. The van der Waals surface area contributed by atoms with Gasteiger partial charge in [0, 0.05) is 0 Å². The van der Waals surface area contributed by atoms with Gasteiger partial charge in [0.1, 0.15) is 6.61 Å². The summed E-state index contributed by atoms with van der Waals surface area (Å²) in [5.74, 6) is 1.69. The smallest absolute Gasteiger partial charge is 0.407 e. The number of nitrogens with one attached hydrogen (secondary N) is 1. The van der Waals surface area contributed by atoms with E-state index in [1.165, 1.54) is 0 Å². The van der Waals surface area contributed by atoms with Crippen LogP contribution in [0.4, 0.5) is 4.79 Å². The number of alkyl carbamates (subject to hydrolysis) is 1. The Bertz CT molecular complexity index is 486. The molecule has 94 valence electrons. The molecule has 6 rings (SSSR count). The summed E-state index contributed by atoms with van der Waals surface area (Å²) in [6.07, 6.45) is 1.16. The fraction of sp³-hybridized carbons (Fsp3) is 0.692. The van der Waals surface area contributed by atoms with Gasteiger partial charge in [-0.2, -0.15) is 0 Å². The van der Waals surface area contributed by atoms with E-state index >= 15 is 0 Å². The highest BCUT2D eigenvalue weighted by Gasteiger charge is 3.12. The highest BCUT2D eigenvalue weighted by atomic mass is 16.5. The second-order valence-electron chi connectivity index (χ2n) is 6.34. The van der Waals surface area contributed by atoms with Crippen LogP contribution in [0.5, 0.6) is 0 Å². The Labute approximate surface area is 103 Å². The second kappa shape index (κ2) is 2.19. The van der Waals surface area contributed by atoms with Gasteiger partial charge in [-0.05, 0) is 35.5 Å². The maximum absolute atomic E-state index is 11.6. The molecule has 0 heterocycles. The summed E-state index contributed by atoms with van der Waals surface area (Å²) in [5, 5.41) is 12.3. The largest absolute Gasteiger partial charge is 0.481 e. The van der Waals surface area contributed by atoms with Gasteiger partial charge in [0.2, 0.25) is 0 Å². The van der Waals surface area contributed by atoms with Crippen LogP contribution in [0.2, 0.25) is 0 Å². The summed E-state index contributed by atoms with van der Waals surface area (Å²) in [7, 11) is 0. The maximum Gasteiger partial charge on any atom is 0.407 e. The van der Waals surface area contributed by atoms with Gasteiger partial charge in [-0.15, -0.1) is 0 Å². The summed E-state index contributed by atoms with van der Waals surface area (Å²) in [5.41, 5.74) is -0.441. The third-order valence-electron chi connectivity index (χ3n) is 6.65. The average Bonchev–Trinajstić information content (AvgIpc) is 2.36. The zero-order valence-corrected chi connectivity index (χ0v) is 9.63. The molecule has 0 aromatic carbocycles. The molecule has 0 aromatic heterocycles. The third-order valence-corrected chi connectivity index (χ3v) is 6.65. The number of carboxylic acids is 1. The molecule has 0 unspecified atom stereocenters. The number of carbonyl (C=O) groups excluding carboxylic acids is 1. The van der Waals surface area contributed by atoms with Crippen molar-refractivity contribution < 1.29 is 19.4 Å². The standard InChI is InChI=1S/C13H13NO4/c1-2-3-18-11(17)14-13-7-4-8(13)6-9(13)5(7)12(4,6)10(15)16/h2,4-9H,1,3H2,(H,14,17)(H,15,16). The van der Waals surface area contributed by atoms with E-state index in [0.717, 1.165) is 0 Å². The summed E-state index contributed by atoms with van der Waals surface area (Å²) in [6.45, 7) is 3.72. The number of carbonyl (C=O) groups is 2. The van der Waals surface area contributed by atoms with Crippen LogP contribution in [0.15, 0.2) is 12.7 Å². The molecule has 5 nitrogen and oxygen atoms in total. The lowest BCUT2D eigenvalue weighted by Crippen LogP contribution is -3.16. The highest BCUT2D eigenvalue weighted by Crippen LogP contribution is 3.06. The van der Waals surface area contributed by atoms with Crippen molar-refractivity contribution in [2.75, 3.05) is 6.61 Å². The second-order valence-corrected chi connectivity index (χ2v) is 6.34. The summed E-state index contributed by atoms with van der Waals surface area (Å²) in [4.78, 5) is 22.9. The molecule has 5 heteroatoms. The van der Waals surface area contributed by atoms with Gasteiger partial charge in [0.25, 0.3) is 0 Å². The first-order valence-corrected chi connectivity index (χ1v) is 6.42. The Morgan fingerprint density at radius 3 is 2.22 bits per heavy atom. The van der Waals surface area contributed by atoms with Crippen LogP contribution < -0.4 is 5.32 Å². The lowest BCUT2D eigenvalue weighted by molar-refractivity contribution is -0.609. The van der Waals surface area contributed by atoms with Gasteiger partial charge in [-0.1, -0.05) is 12.7 Å². The summed E-state index contributed by atoms with van der Waals surface area (Å²) in [6, 6.07) is 0. The normalized spacial score (nSPS) is 61.8. The van der Waals surface area contributed by atoms with E-state index in [0.29, 0.717) is 35.5 Å². The molecule has 0 atom stereocenters. The van der Waals surface area contributed by atoms with E-state index in [1.807, 2.05) is 0 Å². The van der Waals surface area contributed by atoms with Crippen LogP contribution in [0.1, 0.15) is 0 Å². The van der Waals surface area contributed by atoms with E-state index in [2.05, 4.69) is 11.9 Å². The number of carboxylic acid groups (broad SMARTS) is 1. The van der Waals surface area contributed by atoms with Gasteiger partial charge >= 0.3 is 12.1 Å². The van der Waals surface area contributed by atoms with Crippen LogP contribution >= 0.6 is 0 Å². The maximum atomic E-state index is 11.6. The van der Waals surface area contributed by atoms with Crippen molar-refractivity contribution in [2.45, 2.75) is 5.54 Å². The van der Waals surface area contributed by atoms with Crippen molar-refractivity contribution in [3.63, 3.8) is 0 Å². The zero-order chi connectivity index (χ0) is 12.4. The Hall–Kier alpha value is -1.52. The summed E-state index contributed by atoms with van der Waals surface area (Å²) < 4.78 is 4.96. The molecule has 2 N–H and O–H groups in total. The van der Waals surface area contributed by atoms with E-state index in [-0.39, 0.29) is 23.7 Å². The molecule has 0 bridgehead atoms. The Morgan fingerprint density at radius 1 is 1.22 bits per heavy atom. The zero-order valence-electron chi connectivity index (χ0n) is 9.63. The molecule has 18 heavy (non-hydrogen) atoms. The van der Waals surface area contributed by atoms with E-state index in [4.69, 9.17) is 4.74 Å². The average molecular weight is 247 g/mol. The lowest BCUT2D eigenvalue weighted by Gasteiger charge is -3.09. The molecule has 6 aliphatic rings. The van der Waals surface area contributed by atoms with Gasteiger partial charge in [-0.25, -0.2) is 4.79 Å². The minimum Gasteiger partial charge on any atom is -0.481 e. The van der Waals surface area contributed by atoms with Crippen LogP contribution in [0.3, 0.4) is 0 Å². The third kappa shape index (κ3) is 0.487. The van der Waals surface area contributed by atoms with Crippen molar-refractivity contribution in [1.29, 1.82) is 0 Å². The SMILES string of the molecule is C=CCOC(=O)NC12C3C4C1C1C2C3C41C(=O)O. The molecule has 1 amide bonds. The number of amides is 1. The fourth-order valence-corrected chi connectivity index (χ4v) is 6.55. The van der Waals surface area contributed by atoms with Crippen LogP contribution in [-0.2, 0) is 9.53 Å². The van der Waals surface area contributed by atoms with Gasteiger partial charge in [0.05, 0.1) is 11.0 Å². The van der Waals surface area contributed by atoms with Gasteiger partial charge < -0.3 is 15.2 Å². The molecule has 6 aliphatic carbocycles. The minimum atomic E-state index is -0.603.